The Morgan fingerprint density at radius 1 is 1.26 bits per heavy atom. The van der Waals surface area contributed by atoms with Gasteiger partial charge in [-0.1, -0.05) is 30.3 Å². The maximum Gasteiger partial charge on any atom is 0.410 e. The van der Waals surface area contributed by atoms with Crippen molar-refractivity contribution >= 4 is 6.09 Å². The molecule has 0 aliphatic rings. The fraction of sp³-hybridized carbons (Fsp3) is 0.533. The highest BCUT2D eigenvalue weighted by atomic mass is 16.6. The van der Waals surface area contributed by atoms with Crippen LogP contribution in [0.15, 0.2) is 30.3 Å². The summed E-state index contributed by atoms with van der Waals surface area (Å²) in [6.45, 7) is 7.24. The highest BCUT2D eigenvalue weighted by Gasteiger charge is 2.27. The first-order valence-corrected chi connectivity index (χ1v) is 6.41. The molecule has 106 valence electrons. The highest BCUT2D eigenvalue weighted by molar-refractivity contribution is 5.68. The molecule has 4 heteroatoms. The van der Waals surface area contributed by atoms with Crippen LogP contribution in [0.2, 0.25) is 0 Å². The van der Waals surface area contributed by atoms with E-state index in [-0.39, 0.29) is 6.04 Å². The lowest BCUT2D eigenvalue weighted by Gasteiger charge is -2.31. The Morgan fingerprint density at radius 2 is 1.79 bits per heavy atom. The summed E-state index contributed by atoms with van der Waals surface area (Å²) in [5.74, 6) is 0. The predicted octanol–water partition coefficient (Wildman–Crippen LogP) is 2.98. The summed E-state index contributed by atoms with van der Waals surface area (Å²) < 4.78 is 5.28. The number of rotatable bonds is 3. The average Bonchev–Trinajstić information content (AvgIpc) is 2.35. The molecule has 0 fully saturated rings. The zero-order chi connectivity index (χ0) is 14.6. The summed E-state index contributed by atoms with van der Waals surface area (Å²) in [5, 5.41) is 10.3. The van der Waals surface area contributed by atoms with E-state index in [4.69, 9.17) is 4.74 Å². The molecule has 0 spiro atoms. The van der Waals surface area contributed by atoms with Crippen LogP contribution in [0, 0.1) is 0 Å². The van der Waals surface area contributed by atoms with E-state index in [1.165, 1.54) is 4.90 Å². The van der Waals surface area contributed by atoms with Gasteiger partial charge in [-0.05, 0) is 33.3 Å². The molecule has 1 amide bonds. The Balaban J connectivity index is 2.72. The van der Waals surface area contributed by atoms with Crippen molar-refractivity contribution < 1.29 is 14.6 Å². The maximum atomic E-state index is 11.9. The number of likely N-dealkylation sites (N-methyl/N-ethyl adjacent to an activating group) is 1. The molecular weight excluding hydrogens is 242 g/mol. The molecule has 2 atom stereocenters. The van der Waals surface area contributed by atoms with E-state index in [2.05, 4.69) is 0 Å². The van der Waals surface area contributed by atoms with E-state index in [9.17, 15) is 9.90 Å². The van der Waals surface area contributed by atoms with Gasteiger partial charge in [-0.15, -0.1) is 0 Å². The third-order valence-corrected chi connectivity index (χ3v) is 2.89. The van der Waals surface area contributed by atoms with E-state index in [1.807, 2.05) is 51.1 Å². The third-order valence-electron chi connectivity index (χ3n) is 2.89. The molecule has 1 N–H and O–H groups in total. The molecule has 0 radical (unpaired) electrons. The van der Waals surface area contributed by atoms with Crippen LogP contribution in [0.25, 0.3) is 0 Å². The number of carbonyl (C=O) groups is 1. The number of amides is 1. The van der Waals surface area contributed by atoms with Crippen molar-refractivity contribution in [1.29, 1.82) is 0 Å². The molecular formula is C15H23NO3. The van der Waals surface area contributed by atoms with Crippen molar-refractivity contribution in [3.63, 3.8) is 0 Å². The number of aliphatic hydroxyl groups is 1. The summed E-state index contributed by atoms with van der Waals surface area (Å²) in [6, 6.07) is 8.92. The number of carbonyl (C=O) groups excluding carboxylic acids is 1. The van der Waals surface area contributed by atoms with Crippen molar-refractivity contribution in [2.45, 2.75) is 45.4 Å². The standard InChI is InChI=1S/C15H23NO3/c1-11(13(17)12-9-7-6-8-10-12)16(5)14(18)19-15(2,3)4/h6-11,13,17H,1-5H3. The SMILES string of the molecule is CC(C(O)c1ccccc1)N(C)C(=O)OC(C)(C)C. The van der Waals surface area contributed by atoms with Crippen molar-refractivity contribution in [2.24, 2.45) is 0 Å². The van der Waals surface area contributed by atoms with Crippen LogP contribution in [0.4, 0.5) is 4.79 Å². The highest BCUT2D eigenvalue weighted by Crippen LogP contribution is 2.21. The van der Waals surface area contributed by atoms with Gasteiger partial charge < -0.3 is 14.7 Å². The van der Waals surface area contributed by atoms with Crippen LogP contribution in [-0.2, 0) is 4.74 Å². The van der Waals surface area contributed by atoms with Gasteiger partial charge in [0.25, 0.3) is 0 Å². The van der Waals surface area contributed by atoms with Crippen molar-refractivity contribution in [3.8, 4) is 0 Å². The van der Waals surface area contributed by atoms with Gasteiger partial charge in [0.15, 0.2) is 0 Å². The maximum absolute atomic E-state index is 11.9. The van der Waals surface area contributed by atoms with E-state index in [1.54, 1.807) is 14.0 Å². The van der Waals surface area contributed by atoms with E-state index < -0.39 is 17.8 Å². The molecule has 1 rings (SSSR count). The Hall–Kier alpha value is -1.55. The zero-order valence-electron chi connectivity index (χ0n) is 12.3. The Kier molecular flexibility index (Phi) is 4.95. The van der Waals surface area contributed by atoms with Crippen LogP contribution in [-0.4, -0.2) is 34.8 Å². The van der Waals surface area contributed by atoms with Gasteiger partial charge in [0.2, 0.25) is 0 Å². The second-order valence-corrected chi connectivity index (χ2v) is 5.69. The molecule has 0 aromatic heterocycles. The average molecular weight is 265 g/mol. The van der Waals surface area contributed by atoms with E-state index in [0.717, 1.165) is 5.56 Å². The molecule has 19 heavy (non-hydrogen) atoms. The number of nitrogens with zero attached hydrogens (tertiary/aromatic N) is 1. The number of hydrogen-bond acceptors (Lipinski definition) is 3. The topological polar surface area (TPSA) is 49.8 Å². The molecule has 0 heterocycles. The van der Waals surface area contributed by atoms with Gasteiger partial charge >= 0.3 is 6.09 Å². The van der Waals surface area contributed by atoms with Crippen LogP contribution in [0.1, 0.15) is 39.4 Å². The van der Waals surface area contributed by atoms with Crippen molar-refractivity contribution in [2.75, 3.05) is 7.05 Å². The van der Waals surface area contributed by atoms with Crippen LogP contribution < -0.4 is 0 Å². The molecule has 0 saturated heterocycles. The second kappa shape index (κ2) is 6.06. The minimum Gasteiger partial charge on any atom is -0.444 e. The van der Waals surface area contributed by atoms with Gasteiger partial charge in [-0.3, -0.25) is 0 Å². The normalized spacial score (nSPS) is 14.6. The molecule has 1 aromatic rings. The molecule has 2 unspecified atom stereocenters. The number of hydrogen-bond donors (Lipinski definition) is 1. The van der Waals surface area contributed by atoms with Crippen LogP contribution in [0.5, 0.6) is 0 Å². The molecule has 1 aromatic carbocycles. The number of benzene rings is 1. The van der Waals surface area contributed by atoms with E-state index in [0.29, 0.717) is 0 Å². The van der Waals surface area contributed by atoms with Gasteiger partial charge in [0.1, 0.15) is 5.60 Å². The summed E-state index contributed by atoms with van der Waals surface area (Å²) in [7, 11) is 1.63. The lowest BCUT2D eigenvalue weighted by molar-refractivity contribution is 0.00518. The number of ether oxygens (including phenoxy) is 1. The minimum atomic E-state index is -0.737. The van der Waals surface area contributed by atoms with Crippen molar-refractivity contribution in [1.82, 2.24) is 4.90 Å². The monoisotopic (exact) mass is 265 g/mol. The molecule has 0 aliphatic heterocycles. The third kappa shape index (κ3) is 4.56. The Bertz CT molecular complexity index is 411. The fourth-order valence-electron chi connectivity index (χ4n) is 1.64. The first kappa shape index (κ1) is 15.5. The van der Waals surface area contributed by atoms with Gasteiger partial charge in [0.05, 0.1) is 12.1 Å². The quantitative estimate of drug-likeness (QED) is 0.914. The first-order chi connectivity index (χ1) is 8.72. The van der Waals surface area contributed by atoms with E-state index >= 15 is 0 Å². The second-order valence-electron chi connectivity index (χ2n) is 5.69. The van der Waals surface area contributed by atoms with Crippen LogP contribution >= 0.6 is 0 Å². The van der Waals surface area contributed by atoms with Gasteiger partial charge in [-0.2, -0.15) is 0 Å². The molecule has 0 bridgehead atoms. The summed E-state index contributed by atoms with van der Waals surface area (Å²) >= 11 is 0. The van der Waals surface area contributed by atoms with Crippen molar-refractivity contribution in [3.05, 3.63) is 35.9 Å². The van der Waals surface area contributed by atoms with Gasteiger partial charge in [0, 0.05) is 7.05 Å². The summed E-state index contributed by atoms with van der Waals surface area (Å²) in [6.07, 6.45) is -1.17. The zero-order valence-corrected chi connectivity index (χ0v) is 12.3. The largest absolute Gasteiger partial charge is 0.444 e. The minimum absolute atomic E-state index is 0.364. The summed E-state index contributed by atoms with van der Waals surface area (Å²) in [5.41, 5.74) is 0.244. The lowest BCUT2D eigenvalue weighted by atomic mass is 10.0. The Labute approximate surface area is 115 Å². The van der Waals surface area contributed by atoms with Gasteiger partial charge in [-0.25, -0.2) is 4.79 Å². The molecule has 0 aliphatic carbocycles. The predicted molar refractivity (Wildman–Crippen MR) is 74.9 cm³/mol. The fourth-order valence-corrected chi connectivity index (χ4v) is 1.64. The molecule has 4 nitrogen and oxygen atoms in total. The Morgan fingerprint density at radius 3 is 2.26 bits per heavy atom. The first-order valence-electron chi connectivity index (χ1n) is 6.41. The lowest BCUT2D eigenvalue weighted by Crippen LogP contribution is -2.42. The summed E-state index contributed by atoms with van der Waals surface area (Å²) in [4.78, 5) is 13.3. The van der Waals surface area contributed by atoms with Crippen LogP contribution in [0.3, 0.4) is 0 Å². The molecule has 0 saturated carbocycles. The smallest absolute Gasteiger partial charge is 0.410 e. The number of aliphatic hydroxyl groups excluding tert-OH is 1.